The topological polar surface area (TPSA) is 75.7 Å². The molecule has 1 N–H and O–H groups in total. The fourth-order valence-corrected chi connectivity index (χ4v) is 4.56. The maximum absolute atomic E-state index is 12.3. The summed E-state index contributed by atoms with van der Waals surface area (Å²) in [6.45, 7) is 4.47. The molecule has 0 aliphatic carbocycles. The lowest BCUT2D eigenvalue weighted by atomic mass is 10.1. The molecular formula is C17H25BrN2O4S. The van der Waals surface area contributed by atoms with Gasteiger partial charge in [-0.05, 0) is 50.5 Å². The Morgan fingerprint density at radius 1 is 1.32 bits per heavy atom. The zero-order chi connectivity index (χ0) is 18.4. The van der Waals surface area contributed by atoms with E-state index in [0.29, 0.717) is 38.1 Å². The molecule has 1 saturated heterocycles. The number of ether oxygens (including phenoxy) is 1. The molecule has 1 atom stereocenters. The van der Waals surface area contributed by atoms with Crippen molar-refractivity contribution in [3.63, 3.8) is 0 Å². The van der Waals surface area contributed by atoms with Crippen molar-refractivity contribution in [2.75, 3.05) is 18.8 Å². The summed E-state index contributed by atoms with van der Waals surface area (Å²) in [6.07, 6.45) is 1.26. The predicted octanol–water partition coefficient (Wildman–Crippen LogP) is 2.54. The third-order valence-corrected chi connectivity index (χ3v) is 6.76. The third kappa shape index (κ3) is 5.97. The van der Waals surface area contributed by atoms with E-state index in [1.165, 1.54) is 4.31 Å². The number of hydrogen-bond donors (Lipinski definition) is 1. The molecule has 1 amide bonds. The lowest BCUT2D eigenvalue weighted by molar-refractivity contribution is -0.128. The van der Waals surface area contributed by atoms with Crippen molar-refractivity contribution >= 4 is 31.9 Å². The summed E-state index contributed by atoms with van der Waals surface area (Å²) in [4.78, 5) is 12.3. The Morgan fingerprint density at radius 2 is 1.92 bits per heavy atom. The maximum atomic E-state index is 12.3. The summed E-state index contributed by atoms with van der Waals surface area (Å²) in [7, 11) is -3.15. The van der Waals surface area contributed by atoms with Gasteiger partial charge in [-0.15, -0.1) is 0 Å². The molecule has 1 unspecified atom stereocenters. The lowest BCUT2D eigenvalue weighted by Gasteiger charge is -2.32. The number of piperidine rings is 1. The highest BCUT2D eigenvalue weighted by atomic mass is 79.9. The SMILES string of the molecule is CCCS(=O)(=O)N1CCC(NC(=O)C(C)Oc2ccc(Br)cc2)CC1. The predicted molar refractivity (Wildman–Crippen MR) is 101 cm³/mol. The Balaban J connectivity index is 1.80. The van der Waals surface area contributed by atoms with E-state index in [-0.39, 0.29) is 17.7 Å². The van der Waals surface area contributed by atoms with Crippen LogP contribution in [0.2, 0.25) is 0 Å². The van der Waals surface area contributed by atoms with Crippen LogP contribution in [-0.2, 0) is 14.8 Å². The Bertz CT molecular complexity index is 670. The van der Waals surface area contributed by atoms with Gasteiger partial charge in [0.15, 0.2) is 6.10 Å². The lowest BCUT2D eigenvalue weighted by Crippen LogP contribution is -2.49. The van der Waals surface area contributed by atoms with Crippen molar-refractivity contribution in [2.24, 2.45) is 0 Å². The molecule has 0 bridgehead atoms. The third-order valence-electron chi connectivity index (χ3n) is 4.15. The minimum absolute atomic E-state index is 0.0171. The van der Waals surface area contributed by atoms with Crippen LogP contribution in [0.25, 0.3) is 0 Å². The molecule has 0 radical (unpaired) electrons. The highest BCUT2D eigenvalue weighted by Gasteiger charge is 2.29. The summed E-state index contributed by atoms with van der Waals surface area (Å²) < 4.78 is 32.2. The number of sulfonamides is 1. The van der Waals surface area contributed by atoms with Crippen molar-refractivity contribution in [1.29, 1.82) is 0 Å². The van der Waals surface area contributed by atoms with E-state index in [2.05, 4.69) is 21.2 Å². The van der Waals surface area contributed by atoms with E-state index in [1.54, 1.807) is 19.1 Å². The first kappa shape index (κ1) is 20.2. The van der Waals surface area contributed by atoms with Gasteiger partial charge in [0.2, 0.25) is 10.0 Å². The van der Waals surface area contributed by atoms with Gasteiger partial charge in [0.25, 0.3) is 5.91 Å². The summed E-state index contributed by atoms with van der Waals surface area (Å²) in [6, 6.07) is 7.28. The summed E-state index contributed by atoms with van der Waals surface area (Å²) in [5.41, 5.74) is 0. The first-order valence-corrected chi connectivity index (χ1v) is 10.9. The normalized spacial score (nSPS) is 17.9. The molecule has 1 aromatic carbocycles. The van der Waals surface area contributed by atoms with Gasteiger partial charge in [0, 0.05) is 23.6 Å². The smallest absolute Gasteiger partial charge is 0.260 e. The van der Waals surface area contributed by atoms with E-state index in [0.717, 1.165) is 4.47 Å². The van der Waals surface area contributed by atoms with Crippen LogP contribution in [-0.4, -0.2) is 49.6 Å². The first-order chi connectivity index (χ1) is 11.8. The van der Waals surface area contributed by atoms with Gasteiger partial charge < -0.3 is 10.1 Å². The monoisotopic (exact) mass is 432 g/mol. The number of rotatable bonds is 7. The molecule has 8 heteroatoms. The van der Waals surface area contributed by atoms with Crippen molar-refractivity contribution in [3.8, 4) is 5.75 Å². The molecule has 0 aromatic heterocycles. The zero-order valence-electron chi connectivity index (χ0n) is 14.6. The molecule has 1 aliphatic rings. The van der Waals surface area contributed by atoms with Crippen LogP contribution >= 0.6 is 15.9 Å². The summed E-state index contributed by atoms with van der Waals surface area (Å²) in [5, 5.41) is 2.96. The van der Waals surface area contributed by atoms with Crippen LogP contribution in [0.5, 0.6) is 5.75 Å². The van der Waals surface area contributed by atoms with E-state index in [1.807, 2.05) is 19.1 Å². The van der Waals surface area contributed by atoms with Gasteiger partial charge in [-0.2, -0.15) is 0 Å². The van der Waals surface area contributed by atoms with Crippen molar-refractivity contribution in [1.82, 2.24) is 9.62 Å². The molecular weight excluding hydrogens is 408 g/mol. The van der Waals surface area contributed by atoms with Crippen molar-refractivity contribution < 1.29 is 17.9 Å². The van der Waals surface area contributed by atoms with Crippen molar-refractivity contribution in [2.45, 2.75) is 45.3 Å². The summed E-state index contributed by atoms with van der Waals surface area (Å²) in [5.74, 6) is 0.631. The number of nitrogens with one attached hydrogen (secondary N) is 1. The molecule has 0 saturated carbocycles. The molecule has 2 rings (SSSR count). The average molecular weight is 433 g/mol. The highest BCUT2D eigenvalue weighted by Crippen LogP contribution is 2.18. The van der Waals surface area contributed by atoms with Gasteiger partial charge in [-0.3, -0.25) is 4.79 Å². The molecule has 140 valence electrons. The van der Waals surface area contributed by atoms with Crippen LogP contribution in [0.1, 0.15) is 33.1 Å². The minimum atomic E-state index is -3.15. The van der Waals surface area contributed by atoms with Crippen LogP contribution in [0.15, 0.2) is 28.7 Å². The van der Waals surface area contributed by atoms with Gasteiger partial charge in [-0.25, -0.2) is 12.7 Å². The van der Waals surface area contributed by atoms with E-state index >= 15 is 0 Å². The Morgan fingerprint density at radius 3 is 2.48 bits per heavy atom. The molecule has 1 aliphatic heterocycles. The number of halogens is 1. The van der Waals surface area contributed by atoms with Gasteiger partial charge >= 0.3 is 0 Å². The van der Waals surface area contributed by atoms with Gasteiger partial charge in [-0.1, -0.05) is 22.9 Å². The second kappa shape index (κ2) is 9.00. The quantitative estimate of drug-likeness (QED) is 0.717. The largest absolute Gasteiger partial charge is 0.481 e. The number of benzene rings is 1. The Hall–Kier alpha value is -1.12. The molecule has 1 fully saturated rings. The number of carbonyl (C=O) groups excluding carboxylic acids is 1. The molecule has 1 aromatic rings. The van der Waals surface area contributed by atoms with Crippen LogP contribution in [0, 0.1) is 0 Å². The summed E-state index contributed by atoms with van der Waals surface area (Å²) >= 11 is 3.35. The van der Waals surface area contributed by atoms with Gasteiger partial charge in [0.05, 0.1) is 5.75 Å². The van der Waals surface area contributed by atoms with Crippen LogP contribution in [0.3, 0.4) is 0 Å². The van der Waals surface area contributed by atoms with E-state index in [9.17, 15) is 13.2 Å². The number of nitrogens with zero attached hydrogens (tertiary/aromatic N) is 1. The Labute approximate surface area is 158 Å². The number of hydrogen-bond acceptors (Lipinski definition) is 4. The van der Waals surface area contributed by atoms with Crippen molar-refractivity contribution in [3.05, 3.63) is 28.7 Å². The Kier molecular flexibility index (Phi) is 7.27. The molecule has 6 nitrogen and oxygen atoms in total. The van der Waals surface area contributed by atoms with Crippen LogP contribution in [0.4, 0.5) is 0 Å². The zero-order valence-corrected chi connectivity index (χ0v) is 17.0. The highest BCUT2D eigenvalue weighted by molar-refractivity contribution is 9.10. The van der Waals surface area contributed by atoms with E-state index < -0.39 is 16.1 Å². The van der Waals surface area contributed by atoms with Crippen LogP contribution < -0.4 is 10.1 Å². The second-order valence-electron chi connectivity index (χ2n) is 6.21. The number of amides is 1. The molecule has 1 heterocycles. The fraction of sp³-hybridized carbons (Fsp3) is 0.588. The molecule has 0 spiro atoms. The standard InChI is InChI=1S/C17H25BrN2O4S/c1-3-12-25(22,23)20-10-8-15(9-11-20)19-17(21)13(2)24-16-6-4-14(18)5-7-16/h4-7,13,15H,3,8-12H2,1-2H3,(H,19,21). The minimum Gasteiger partial charge on any atom is -0.481 e. The maximum Gasteiger partial charge on any atom is 0.260 e. The first-order valence-electron chi connectivity index (χ1n) is 8.52. The fourth-order valence-electron chi connectivity index (χ4n) is 2.75. The second-order valence-corrected chi connectivity index (χ2v) is 9.22. The molecule has 25 heavy (non-hydrogen) atoms. The number of carbonyl (C=O) groups is 1. The van der Waals surface area contributed by atoms with Gasteiger partial charge in [0.1, 0.15) is 5.75 Å². The van der Waals surface area contributed by atoms with E-state index in [4.69, 9.17) is 4.74 Å². The average Bonchev–Trinajstić information content (AvgIpc) is 2.57.